The molecular weight excluding hydrogens is 439 g/mol. The van der Waals surface area contributed by atoms with Crippen molar-refractivity contribution < 1.29 is 9.13 Å². The first-order chi connectivity index (χ1) is 16.9. The van der Waals surface area contributed by atoms with Crippen LogP contribution in [-0.4, -0.2) is 28.4 Å². The van der Waals surface area contributed by atoms with Gasteiger partial charge in [0, 0.05) is 19.3 Å². The van der Waals surface area contributed by atoms with E-state index in [0.29, 0.717) is 0 Å². The molecule has 0 N–H and O–H groups in total. The van der Waals surface area contributed by atoms with E-state index in [4.69, 9.17) is 4.74 Å². The number of nitrogens with zero attached hydrogens (tertiary/aromatic N) is 4. The van der Waals surface area contributed by atoms with Crippen molar-refractivity contribution in [2.75, 3.05) is 18.6 Å². The maximum atomic E-state index is 13.7. The topological polar surface area (TPSA) is 43.2 Å². The fraction of sp³-hybridized carbons (Fsp3) is 0.241. The molecule has 35 heavy (non-hydrogen) atoms. The van der Waals surface area contributed by atoms with Crippen molar-refractivity contribution in [2.45, 2.75) is 25.8 Å². The van der Waals surface area contributed by atoms with Crippen LogP contribution < -0.4 is 9.64 Å². The van der Waals surface area contributed by atoms with Crippen LogP contribution in [0.5, 0.6) is 5.75 Å². The van der Waals surface area contributed by atoms with Crippen LogP contribution in [0.25, 0.3) is 12.2 Å². The normalized spacial score (nSPS) is 17.6. The SMILES string of the molecule is COc1ccc2c(c1)CCN(c1ccc(F)cc1)C2(C)c1ccc(/C=C/c2nnc(C)n2C)cc1. The Labute approximate surface area is 205 Å². The summed E-state index contributed by atoms with van der Waals surface area (Å²) < 4.78 is 21.2. The summed E-state index contributed by atoms with van der Waals surface area (Å²) >= 11 is 0. The van der Waals surface area contributed by atoms with E-state index < -0.39 is 5.54 Å². The molecule has 1 aliphatic rings. The van der Waals surface area contributed by atoms with Crippen LogP contribution >= 0.6 is 0 Å². The van der Waals surface area contributed by atoms with E-state index in [1.54, 1.807) is 7.11 Å². The predicted octanol–water partition coefficient (Wildman–Crippen LogP) is 5.77. The Morgan fingerprint density at radius 2 is 1.71 bits per heavy atom. The summed E-state index contributed by atoms with van der Waals surface area (Å²) in [7, 11) is 3.65. The average molecular weight is 469 g/mol. The van der Waals surface area contributed by atoms with E-state index >= 15 is 0 Å². The first-order valence-electron chi connectivity index (χ1n) is 11.8. The van der Waals surface area contributed by atoms with Crippen molar-refractivity contribution in [1.29, 1.82) is 0 Å². The molecule has 0 amide bonds. The molecule has 3 aromatic carbocycles. The second-order valence-corrected chi connectivity index (χ2v) is 9.09. The smallest absolute Gasteiger partial charge is 0.156 e. The van der Waals surface area contributed by atoms with Gasteiger partial charge in [-0.3, -0.25) is 0 Å². The van der Waals surface area contributed by atoms with Gasteiger partial charge in [-0.2, -0.15) is 0 Å². The molecule has 5 nitrogen and oxygen atoms in total. The van der Waals surface area contributed by atoms with E-state index in [-0.39, 0.29) is 5.82 Å². The van der Waals surface area contributed by atoms with Gasteiger partial charge in [-0.1, -0.05) is 36.4 Å². The number of rotatable bonds is 5. The molecule has 0 spiro atoms. The first-order valence-corrected chi connectivity index (χ1v) is 11.8. The van der Waals surface area contributed by atoms with Crippen molar-refractivity contribution in [3.63, 3.8) is 0 Å². The van der Waals surface area contributed by atoms with Gasteiger partial charge in [-0.05, 0) is 85.0 Å². The van der Waals surface area contributed by atoms with E-state index in [1.165, 1.54) is 28.8 Å². The van der Waals surface area contributed by atoms with Crippen molar-refractivity contribution in [3.05, 3.63) is 106 Å². The summed E-state index contributed by atoms with van der Waals surface area (Å²) in [5.41, 5.74) is 5.31. The Kier molecular flexibility index (Phi) is 5.89. The molecule has 2 heterocycles. The van der Waals surface area contributed by atoms with Crippen molar-refractivity contribution in [2.24, 2.45) is 7.05 Å². The second kappa shape index (κ2) is 9.02. The lowest BCUT2D eigenvalue weighted by Gasteiger charge is -2.48. The van der Waals surface area contributed by atoms with E-state index in [2.05, 4.69) is 58.4 Å². The Morgan fingerprint density at radius 3 is 2.37 bits per heavy atom. The maximum absolute atomic E-state index is 13.7. The zero-order chi connectivity index (χ0) is 24.6. The zero-order valence-electron chi connectivity index (χ0n) is 20.5. The van der Waals surface area contributed by atoms with Gasteiger partial charge in [0.05, 0.1) is 12.6 Å². The maximum Gasteiger partial charge on any atom is 0.156 e. The summed E-state index contributed by atoms with van der Waals surface area (Å²) in [4.78, 5) is 2.37. The molecule has 178 valence electrons. The summed E-state index contributed by atoms with van der Waals surface area (Å²) in [6, 6.07) is 21.7. The minimum Gasteiger partial charge on any atom is -0.497 e. The number of hydrogen-bond acceptors (Lipinski definition) is 4. The number of methoxy groups -OCH3 is 1. The third-order valence-corrected chi connectivity index (χ3v) is 7.14. The van der Waals surface area contributed by atoms with Gasteiger partial charge in [-0.25, -0.2) is 4.39 Å². The minimum atomic E-state index is -0.430. The predicted molar refractivity (Wildman–Crippen MR) is 138 cm³/mol. The third kappa shape index (κ3) is 4.09. The Morgan fingerprint density at radius 1 is 0.971 bits per heavy atom. The fourth-order valence-corrected chi connectivity index (χ4v) is 4.96. The van der Waals surface area contributed by atoms with Crippen molar-refractivity contribution in [1.82, 2.24) is 14.8 Å². The molecule has 0 aliphatic carbocycles. The molecular formula is C29H29FN4O. The highest BCUT2D eigenvalue weighted by molar-refractivity contribution is 5.68. The van der Waals surface area contributed by atoms with Gasteiger partial charge in [0.25, 0.3) is 0 Å². The lowest BCUT2D eigenvalue weighted by Crippen LogP contribution is -2.49. The van der Waals surface area contributed by atoms with Crippen LogP contribution in [-0.2, 0) is 19.0 Å². The van der Waals surface area contributed by atoms with Crippen molar-refractivity contribution >= 4 is 17.8 Å². The minimum absolute atomic E-state index is 0.230. The number of aromatic nitrogens is 3. The van der Waals surface area contributed by atoms with Crippen LogP contribution in [0.4, 0.5) is 10.1 Å². The Bertz CT molecular complexity index is 1380. The highest BCUT2D eigenvalue weighted by Gasteiger charge is 2.40. The lowest BCUT2D eigenvalue weighted by atomic mass is 9.76. The lowest BCUT2D eigenvalue weighted by molar-refractivity contribution is 0.411. The number of anilines is 1. The van der Waals surface area contributed by atoms with E-state index in [0.717, 1.165) is 41.6 Å². The largest absolute Gasteiger partial charge is 0.497 e. The molecule has 0 bridgehead atoms. The van der Waals surface area contributed by atoms with Gasteiger partial charge < -0.3 is 14.2 Å². The molecule has 0 saturated carbocycles. The zero-order valence-corrected chi connectivity index (χ0v) is 20.5. The fourth-order valence-electron chi connectivity index (χ4n) is 4.96. The monoisotopic (exact) mass is 468 g/mol. The van der Waals surface area contributed by atoms with Gasteiger partial charge in [0.1, 0.15) is 17.4 Å². The van der Waals surface area contributed by atoms with Crippen LogP contribution in [0.1, 0.15) is 40.8 Å². The summed E-state index contributed by atoms with van der Waals surface area (Å²) in [6.07, 6.45) is 4.91. The second-order valence-electron chi connectivity index (χ2n) is 9.09. The van der Waals surface area contributed by atoms with Crippen LogP contribution in [0, 0.1) is 12.7 Å². The number of ether oxygens (including phenoxy) is 1. The summed E-state index contributed by atoms with van der Waals surface area (Å²) in [5.74, 6) is 2.32. The Balaban J connectivity index is 1.55. The highest BCUT2D eigenvalue weighted by Crippen LogP contribution is 2.44. The molecule has 0 fully saturated rings. The third-order valence-electron chi connectivity index (χ3n) is 7.14. The molecule has 4 aromatic rings. The molecule has 1 aliphatic heterocycles. The molecule has 0 radical (unpaired) electrons. The molecule has 6 heteroatoms. The Hall–Kier alpha value is -3.93. The molecule has 1 atom stereocenters. The molecule has 0 saturated heterocycles. The summed E-state index contributed by atoms with van der Waals surface area (Å²) in [6.45, 7) is 4.99. The number of halogens is 1. The van der Waals surface area contributed by atoms with Gasteiger partial charge in [0.15, 0.2) is 5.82 Å². The molecule has 5 rings (SSSR count). The number of fused-ring (bicyclic) bond motifs is 1. The molecule has 1 unspecified atom stereocenters. The quantitative estimate of drug-likeness (QED) is 0.373. The standard InChI is InChI=1S/C29H29FN4O/c1-20-31-32-28(33(20)3)16-7-21-5-8-23(9-6-21)29(2)27-15-14-26(35-4)19-22(27)17-18-34(29)25-12-10-24(30)11-13-25/h5-16,19H,17-18H2,1-4H3/b16-7+. The van der Waals surface area contributed by atoms with E-state index in [9.17, 15) is 4.39 Å². The number of benzene rings is 3. The van der Waals surface area contributed by atoms with Crippen LogP contribution in [0.3, 0.4) is 0 Å². The number of aryl methyl sites for hydroxylation is 1. The molecule has 1 aromatic heterocycles. The van der Waals surface area contributed by atoms with Crippen LogP contribution in [0.2, 0.25) is 0 Å². The van der Waals surface area contributed by atoms with Gasteiger partial charge >= 0.3 is 0 Å². The highest BCUT2D eigenvalue weighted by atomic mass is 19.1. The summed E-state index contributed by atoms with van der Waals surface area (Å²) in [5, 5.41) is 8.32. The van der Waals surface area contributed by atoms with E-state index in [1.807, 2.05) is 48.9 Å². The van der Waals surface area contributed by atoms with Gasteiger partial charge in [-0.15, -0.1) is 10.2 Å². The van der Waals surface area contributed by atoms with Crippen LogP contribution in [0.15, 0.2) is 66.7 Å². The first kappa shape index (κ1) is 22.8. The van der Waals surface area contributed by atoms with Crippen molar-refractivity contribution in [3.8, 4) is 5.75 Å². The average Bonchev–Trinajstić information content (AvgIpc) is 3.20. The number of hydrogen-bond donors (Lipinski definition) is 0. The van der Waals surface area contributed by atoms with Gasteiger partial charge in [0.2, 0.25) is 0 Å².